The van der Waals surface area contributed by atoms with Crippen molar-refractivity contribution >= 4 is 5.69 Å². The van der Waals surface area contributed by atoms with Gasteiger partial charge in [0.25, 0.3) is 0 Å². The van der Waals surface area contributed by atoms with E-state index in [1.54, 1.807) is 12.1 Å². The zero-order valence-electron chi connectivity index (χ0n) is 13.2. The minimum absolute atomic E-state index is 0.106. The van der Waals surface area contributed by atoms with Crippen molar-refractivity contribution in [3.63, 3.8) is 0 Å². The smallest absolute Gasteiger partial charge is 0.311 e. The van der Waals surface area contributed by atoms with Gasteiger partial charge in [-0.25, -0.2) is 0 Å². The Labute approximate surface area is 130 Å². The van der Waals surface area contributed by atoms with Crippen molar-refractivity contribution in [3.8, 4) is 5.75 Å². The molecule has 22 heavy (non-hydrogen) atoms. The van der Waals surface area contributed by atoms with Crippen molar-refractivity contribution in [1.82, 2.24) is 4.90 Å². The highest BCUT2D eigenvalue weighted by Gasteiger charge is 2.21. The van der Waals surface area contributed by atoms with Crippen molar-refractivity contribution in [2.45, 2.75) is 44.8 Å². The second-order valence-corrected chi connectivity index (χ2v) is 5.87. The van der Waals surface area contributed by atoms with Gasteiger partial charge in [0.15, 0.2) is 5.75 Å². The Morgan fingerprint density at radius 2 is 2.27 bits per heavy atom. The van der Waals surface area contributed by atoms with Crippen LogP contribution in [-0.2, 0) is 0 Å². The maximum Gasteiger partial charge on any atom is 0.311 e. The molecule has 6 nitrogen and oxygen atoms in total. The number of ether oxygens (including phenoxy) is 1. The van der Waals surface area contributed by atoms with E-state index in [1.165, 1.54) is 32.4 Å². The normalized spacial score (nSPS) is 20.6. The van der Waals surface area contributed by atoms with Gasteiger partial charge in [-0.15, -0.1) is 0 Å². The number of nitro benzene ring substituents is 1. The third-order valence-electron chi connectivity index (χ3n) is 4.41. The summed E-state index contributed by atoms with van der Waals surface area (Å²) in [6, 6.07) is 5.19. The molecule has 1 N–H and O–H groups in total. The Balaban J connectivity index is 2.01. The summed E-state index contributed by atoms with van der Waals surface area (Å²) in [5.41, 5.74) is 0.461. The van der Waals surface area contributed by atoms with Crippen molar-refractivity contribution < 1.29 is 14.8 Å². The fourth-order valence-electron chi connectivity index (χ4n) is 3.00. The molecule has 0 saturated carbocycles. The van der Waals surface area contributed by atoms with Crippen LogP contribution in [0.15, 0.2) is 18.2 Å². The van der Waals surface area contributed by atoms with Gasteiger partial charge in [-0.05, 0) is 44.4 Å². The van der Waals surface area contributed by atoms with E-state index in [1.807, 2.05) is 0 Å². The molecule has 0 aliphatic carbocycles. The number of hydrogen-bond donors (Lipinski definition) is 1. The molecule has 1 heterocycles. The number of benzene rings is 1. The van der Waals surface area contributed by atoms with Gasteiger partial charge in [-0.2, -0.15) is 0 Å². The fraction of sp³-hybridized carbons (Fsp3) is 0.625. The second-order valence-electron chi connectivity index (χ2n) is 5.87. The van der Waals surface area contributed by atoms with Gasteiger partial charge in [-0.3, -0.25) is 10.1 Å². The predicted octanol–water partition coefficient (Wildman–Crippen LogP) is 2.90. The Morgan fingerprint density at radius 1 is 1.50 bits per heavy atom. The molecule has 0 spiro atoms. The summed E-state index contributed by atoms with van der Waals surface area (Å²) in [6.07, 6.45) is 3.55. The van der Waals surface area contributed by atoms with Gasteiger partial charge in [0, 0.05) is 18.7 Å². The number of rotatable bonds is 6. The number of methoxy groups -OCH3 is 1. The van der Waals surface area contributed by atoms with Gasteiger partial charge in [0.1, 0.15) is 0 Å². The molecule has 6 heteroatoms. The summed E-state index contributed by atoms with van der Waals surface area (Å²) in [5.74, 6) is 0.214. The number of likely N-dealkylation sites (tertiary alicyclic amines) is 1. The Hall–Kier alpha value is -1.66. The van der Waals surface area contributed by atoms with Crippen molar-refractivity contribution in [2.24, 2.45) is 0 Å². The van der Waals surface area contributed by atoms with Crippen LogP contribution >= 0.6 is 0 Å². The molecule has 1 saturated heterocycles. The first-order chi connectivity index (χ1) is 10.5. The monoisotopic (exact) mass is 308 g/mol. The maximum atomic E-state index is 11.0. The number of nitro groups is 1. The van der Waals surface area contributed by atoms with Gasteiger partial charge in [-0.1, -0.05) is 12.5 Å². The number of hydrogen-bond acceptors (Lipinski definition) is 5. The molecule has 2 atom stereocenters. The van der Waals surface area contributed by atoms with E-state index < -0.39 is 11.0 Å². The molecule has 122 valence electrons. The van der Waals surface area contributed by atoms with Crippen LogP contribution in [0.1, 0.15) is 44.3 Å². The zero-order valence-corrected chi connectivity index (χ0v) is 13.2. The topological polar surface area (TPSA) is 75.8 Å². The molecule has 2 unspecified atom stereocenters. The highest BCUT2D eigenvalue weighted by molar-refractivity contribution is 5.49. The highest BCUT2D eigenvalue weighted by atomic mass is 16.6. The number of aliphatic hydroxyl groups is 1. The predicted molar refractivity (Wildman–Crippen MR) is 84.1 cm³/mol. The largest absolute Gasteiger partial charge is 0.490 e. The van der Waals surface area contributed by atoms with Crippen LogP contribution in [0.5, 0.6) is 5.75 Å². The number of aliphatic hydroxyl groups excluding tert-OH is 1. The summed E-state index contributed by atoms with van der Waals surface area (Å²) in [4.78, 5) is 12.9. The van der Waals surface area contributed by atoms with Crippen molar-refractivity contribution in [1.29, 1.82) is 0 Å². The van der Waals surface area contributed by atoms with Crippen LogP contribution in [0, 0.1) is 10.1 Å². The van der Waals surface area contributed by atoms with E-state index in [2.05, 4.69) is 11.8 Å². The molecule has 0 amide bonds. The second kappa shape index (κ2) is 7.56. The van der Waals surface area contributed by atoms with Gasteiger partial charge in [0.2, 0.25) is 0 Å². The Morgan fingerprint density at radius 3 is 2.91 bits per heavy atom. The summed E-state index contributed by atoms with van der Waals surface area (Å²) >= 11 is 0. The maximum absolute atomic E-state index is 11.0. The molecule has 0 aromatic heterocycles. The molecule has 0 bridgehead atoms. The van der Waals surface area contributed by atoms with Gasteiger partial charge in [0.05, 0.1) is 18.1 Å². The zero-order chi connectivity index (χ0) is 16.1. The van der Waals surface area contributed by atoms with Crippen LogP contribution in [0.3, 0.4) is 0 Å². The van der Waals surface area contributed by atoms with E-state index >= 15 is 0 Å². The minimum atomic E-state index is -0.696. The first-order valence-electron chi connectivity index (χ1n) is 7.77. The minimum Gasteiger partial charge on any atom is -0.490 e. The Kier molecular flexibility index (Phi) is 5.74. The van der Waals surface area contributed by atoms with Crippen molar-refractivity contribution in [3.05, 3.63) is 33.9 Å². The summed E-state index contributed by atoms with van der Waals surface area (Å²) in [7, 11) is 1.40. The van der Waals surface area contributed by atoms with Gasteiger partial charge < -0.3 is 14.7 Å². The number of nitrogens with zero attached hydrogens (tertiary/aromatic N) is 2. The van der Waals surface area contributed by atoms with E-state index in [0.29, 0.717) is 18.0 Å². The SMILES string of the molecule is COc1ccc(C(O)CCN2CCCCC2C)cc1[N+](=O)[O-]. The molecular weight excluding hydrogens is 284 g/mol. The molecule has 0 radical (unpaired) electrons. The van der Waals surface area contributed by atoms with Gasteiger partial charge >= 0.3 is 5.69 Å². The summed E-state index contributed by atoms with van der Waals surface area (Å²) in [5, 5.41) is 21.4. The first kappa shape index (κ1) is 16.7. The molecular formula is C16H24N2O4. The summed E-state index contributed by atoms with van der Waals surface area (Å²) in [6.45, 7) is 4.09. The molecule has 1 fully saturated rings. The Bertz CT molecular complexity index is 521. The third kappa shape index (κ3) is 3.96. The molecule has 1 aromatic carbocycles. The lowest BCUT2D eigenvalue weighted by Gasteiger charge is -2.33. The van der Waals surface area contributed by atoms with E-state index in [4.69, 9.17) is 4.74 Å². The van der Waals surface area contributed by atoms with Crippen LogP contribution in [0.25, 0.3) is 0 Å². The lowest BCUT2D eigenvalue weighted by atomic mass is 10.0. The van der Waals surface area contributed by atoms with Crippen LogP contribution in [-0.4, -0.2) is 41.2 Å². The average molecular weight is 308 g/mol. The third-order valence-corrected chi connectivity index (χ3v) is 4.41. The van der Waals surface area contributed by atoms with Crippen LogP contribution < -0.4 is 4.74 Å². The molecule has 1 aliphatic rings. The van der Waals surface area contributed by atoms with E-state index in [0.717, 1.165) is 13.1 Å². The fourth-order valence-corrected chi connectivity index (χ4v) is 3.00. The van der Waals surface area contributed by atoms with Crippen LogP contribution in [0.2, 0.25) is 0 Å². The van der Waals surface area contributed by atoms with E-state index in [9.17, 15) is 15.2 Å². The molecule has 2 rings (SSSR count). The molecule has 1 aromatic rings. The molecule has 1 aliphatic heterocycles. The van der Waals surface area contributed by atoms with Crippen LogP contribution in [0.4, 0.5) is 5.69 Å². The first-order valence-corrected chi connectivity index (χ1v) is 7.77. The van der Waals surface area contributed by atoms with Crippen molar-refractivity contribution in [2.75, 3.05) is 20.2 Å². The van der Waals surface area contributed by atoms with E-state index in [-0.39, 0.29) is 11.4 Å². The average Bonchev–Trinajstić information content (AvgIpc) is 2.53. The lowest BCUT2D eigenvalue weighted by molar-refractivity contribution is -0.385. The highest BCUT2D eigenvalue weighted by Crippen LogP contribution is 2.31. The standard InChI is InChI=1S/C16H24N2O4/c1-12-5-3-4-9-17(12)10-8-15(19)13-6-7-16(22-2)14(11-13)18(20)21/h6-7,11-12,15,19H,3-5,8-10H2,1-2H3. The quantitative estimate of drug-likeness (QED) is 0.646. The summed E-state index contributed by atoms with van der Waals surface area (Å²) < 4.78 is 4.98. The lowest BCUT2D eigenvalue weighted by Crippen LogP contribution is -2.38. The number of piperidine rings is 1.